The SMILES string of the molecule is CCCCCCC(=O)C(=O)N1[C@H](C(=O)OCCCc2ccccc2)CSC1(C)C. The summed E-state index contributed by atoms with van der Waals surface area (Å²) >= 11 is 1.51. The van der Waals surface area contributed by atoms with Crippen molar-refractivity contribution >= 4 is 29.4 Å². The first-order valence-corrected chi connectivity index (χ1v) is 11.6. The summed E-state index contributed by atoms with van der Waals surface area (Å²) in [6.07, 6.45) is 5.60. The second-order valence-corrected chi connectivity index (χ2v) is 9.56. The van der Waals surface area contributed by atoms with Crippen LogP contribution in [0.2, 0.25) is 0 Å². The summed E-state index contributed by atoms with van der Waals surface area (Å²) in [6.45, 7) is 6.17. The highest BCUT2D eigenvalue weighted by molar-refractivity contribution is 8.00. The fraction of sp³-hybridized carbons (Fsp3) is 0.609. The number of thioether (sulfide) groups is 1. The van der Waals surface area contributed by atoms with Gasteiger partial charge >= 0.3 is 5.97 Å². The van der Waals surface area contributed by atoms with Gasteiger partial charge in [-0.2, -0.15) is 0 Å². The minimum absolute atomic E-state index is 0.245. The second-order valence-electron chi connectivity index (χ2n) is 7.94. The van der Waals surface area contributed by atoms with Crippen molar-refractivity contribution in [3.63, 3.8) is 0 Å². The van der Waals surface area contributed by atoms with E-state index in [-0.39, 0.29) is 6.42 Å². The van der Waals surface area contributed by atoms with Gasteiger partial charge in [0.2, 0.25) is 5.78 Å². The Morgan fingerprint density at radius 1 is 1.10 bits per heavy atom. The van der Waals surface area contributed by atoms with Gasteiger partial charge in [0, 0.05) is 12.2 Å². The molecule has 0 N–H and O–H groups in total. The fourth-order valence-corrected chi connectivity index (χ4v) is 4.71. The van der Waals surface area contributed by atoms with Crippen LogP contribution in [-0.2, 0) is 25.5 Å². The van der Waals surface area contributed by atoms with Crippen LogP contribution in [0.1, 0.15) is 64.9 Å². The van der Waals surface area contributed by atoms with Gasteiger partial charge in [-0.3, -0.25) is 9.59 Å². The first-order chi connectivity index (χ1) is 13.9. The highest BCUT2D eigenvalue weighted by Gasteiger charge is 2.48. The van der Waals surface area contributed by atoms with Crippen LogP contribution >= 0.6 is 11.8 Å². The summed E-state index contributed by atoms with van der Waals surface area (Å²) in [4.78, 5) is 38.7. The molecule has 1 amide bonds. The first-order valence-electron chi connectivity index (χ1n) is 10.6. The number of carbonyl (C=O) groups is 3. The molecule has 0 spiro atoms. The molecule has 0 aromatic heterocycles. The maximum atomic E-state index is 12.8. The monoisotopic (exact) mass is 419 g/mol. The third-order valence-corrected chi connectivity index (χ3v) is 6.56. The summed E-state index contributed by atoms with van der Waals surface area (Å²) in [5.74, 6) is -0.913. The molecule has 0 aliphatic carbocycles. The van der Waals surface area contributed by atoms with Gasteiger partial charge in [0.15, 0.2) is 0 Å². The number of ketones is 1. The Bertz CT molecular complexity index is 689. The number of hydrogen-bond donors (Lipinski definition) is 0. The number of esters is 1. The molecule has 1 heterocycles. The van der Waals surface area contributed by atoms with Crippen LogP contribution in [0.5, 0.6) is 0 Å². The molecule has 2 rings (SSSR count). The third-order valence-electron chi connectivity index (χ3n) is 5.17. The lowest BCUT2D eigenvalue weighted by atomic mass is 10.1. The zero-order valence-electron chi connectivity index (χ0n) is 17.8. The van der Waals surface area contributed by atoms with Gasteiger partial charge < -0.3 is 9.64 Å². The van der Waals surface area contributed by atoms with Crippen LogP contribution < -0.4 is 0 Å². The van der Waals surface area contributed by atoms with Gasteiger partial charge in [-0.1, -0.05) is 56.5 Å². The maximum absolute atomic E-state index is 12.8. The average molecular weight is 420 g/mol. The number of benzene rings is 1. The lowest BCUT2D eigenvalue weighted by Gasteiger charge is -2.33. The molecule has 6 heteroatoms. The lowest BCUT2D eigenvalue weighted by molar-refractivity contribution is -0.158. The molecule has 1 aliphatic heterocycles. The van der Waals surface area contributed by atoms with Gasteiger partial charge in [-0.25, -0.2) is 4.79 Å². The van der Waals surface area contributed by atoms with E-state index in [1.807, 2.05) is 44.2 Å². The molecular formula is C23H33NO4S. The summed E-state index contributed by atoms with van der Waals surface area (Å²) < 4.78 is 5.46. The third kappa shape index (κ3) is 6.88. The Labute approximate surface area is 178 Å². The van der Waals surface area contributed by atoms with E-state index >= 15 is 0 Å². The summed E-state index contributed by atoms with van der Waals surface area (Å²) in [5.41, 5.74) is 1.20. The van der Waals surface area contributed by atoms with Crippen molar-refractivity contribution in [3.8, 4) is 0 Å². The van der Waals surface area contributed by atoms with E-state index in [0.717, 1.165) is 32.1 Å². The van der Waals surface area contributed by atoms with E-state index in [9.17, 15) is 14.4 Å². The Morgan fingerprint density at radius 3 is 2.52 bits per heavy atom. The van der Waals surface area contributed by atoms with Crippen molar-refractivity contribution in [1.82, 2.24) is 4.90 Å². The predicted molar refractivity (Wildman–Crippen MR) is 117 cm³/mol. The zero-order valence-corrected chi connectivity index (χ0v) is 18.6. The highest BCUT2D eigenvalue weighted by atomic mass is 32.2. The number of hydrogen-bond acceptors (Lipinski definition) is 5. The summed E-state index contributed by atoms with van der Waals surface area (Å²) in [7, 11) is 0. The van der Waals surface area contributed by atoms with Crippen molar-refractivity contribution in [1.29, 1.82) is 0 Å². The van der Waals surface area contributed by atoms with Crippen LogP contribution in [0.4, 0.5) is 0 Å². The second kappa shape index (κ2) is 11.4. The van der Waals surface area contributed by atoms with Crippen LogP contribution in [0.15, 0.2) is 30.3 Å². The normalized spacial score (nSPS) is 17.9. The van der Waals surface area contributed by atoms with Gasteiger partial charge in [0.05, 0.1) is 11.5 Å². The van der Waals surface area contributed by atoms with Gasteiger partial charge in [0.25, 0.3) is 5.91 Å². The minimum Gasteiger partial charge on any atom is -0.464 e. The van der Waals surface area contributed by atoms with E-state index in [4.69, 9.17) is 4.74 Å². The molecular weight excluding hydrogens is 386 g/mol. The van der Waals surface area contributed by atoms with Crippen LogP contribution in [0, 0.1) is 0 Å². The summed E-state index contributed by atoms with van der Waals surface area (Å²) in [5, 5.41) is 0. The minimum atomic E-state index is -0.696. The number of aryl methyl sites for hydroxylation is 1. The topological polar surface area (TPSA) is 63.7 Å². The molecule has 0 radical (unpaired) electrons. The number of amides is 1. The van der Waals surface area contributed by atoms with Crippen LogP contribution in [0.3, 0.4) is 0 Å². The molecule has 160 valence electrons. The molecule has 1 atom stereocenters. The summed E-state index contributed by atoms with van der Waals surface area (Å²) in [6, 6.07) is 9.34. The number of rotatable bonds is 11. The van der Waals surface area contributed by atoms with Crippen molar-refractivity contribution in [2.45, 2.75) is 76.6 Å². The largest absolute Gasteiger partial charge is 0.464 e. The fourth-order valence-electron chi connectivity index (χ4n) is 3.51. The quantitative estimate of drug-likeness (QED) is 0.302. The van der Waals surface area contributed by atoms with E-state index in [2.05, 4.69) is 6.92 Å². The molecule has 29 heavy (non-hydrogen) atoms. The molecule has 0 unspecified atom stereocenters. The van der Waals surface area contributed by atoms with Gasteiger partial charge in [0.1, 0.15) is 6.04 Å². The Morgan fingerprint density at radius 2 is 1.83 bits per heavy atom. The predicted octanol–water partition coefficient (Wildman–Crippen LogP) is 4.38. The Kier molecular flexibility index (Phi) is 9.21. The molecule has 1 fully saturated rings. The van der Waals surface area contributed by atoms with E-state index in [0.29, 0.717) is 18.8 Å². The lowest BCUT2D eigenvalue weighted by Crippen LogP contribution is -2.52. The average Bonchev–Trinajstić information content (AvgIpc) is 3.03. The molecule has 5 nitrogen and oxygen atoms in total. The van der Waals surface area contributed by atoms with E-state index < -0.39 is 28.6 Å². The zero-order chi connectivity index (χ0) is 21.3. The Hall–Kier alpha value is -1.82. The molecule has 0 saturated carbocycles. The molecule has 1 aromatic carbocycles. The Balaban J connectivity index is 1.87. The molecule has 0 bridgehead atoms. The van der Waals surface area contributed by atoms with Crippen molar-refractivity contribution in [2.75, 3.05) is 12.4 Å². The molecule has 1 saturated heterocycles. The van der Waals surface area contributed by atoms with Gasteiger partial charge in [-0.15, -0.1) is 11.8 Å². The number of nitrogens with zero attached hydrogens (tertiary/aromatic N) is 1. The van der Waals surface area contributed by atoms with Crippen molar-refractivity contribution in [3.05, 3.63) is 35.9 Å². The molecule has 1 aliphatic rings. The van der Waals surface area contributed by atoms with Crippen molar-refractivity contribution < 1.29 is 19.1 Å². The van der Waals surface area contributed by atoms with Gasteiger partial charge in [-0.05, 0) is 38.7 Å². The van der Waals surface area contributed by atoms with Crippen LogP contribution in [-0.4, -0.2) is 45.8 Å². The standard InChI is InChI=1S/C23H33NO4S/c1-4-5-6-10-15-20(25)21(26)24-19(17-29-23(24,2)3)22(27)28-16-11-14-18-12-8-7-9-13-18/h7-9,12-13,19H,4-6,10-11,14-17H2,1-3H3/t19-/m0/s1. The first kappa shape index (κ1) is 23.5. The van der Waals surface area contributed by atoms with E-state index in [1.165, 1.54) is 22.2 Å². The van der Waals surface area contributed by atoms with Crippen molar-refractivity contribution in [2.24, 2.45) is 0 Å². The number of Topliss-reactive ketones (excluding diaryl/α,β-unsaturated/α-hetero) is 1. The number of ether oxygens (including phenoxy) is 1. The highest BCUT2D eigenvalue weighted by Crippen LogP contribution is 2.39. The van der Waals surface area contributed by atoms with Crippen LogP contribution in [0.25, 0.3) is 0 Å². The number of unbranched alkanes of at least 4 members (excludes halogenated alkanes) is 3. The smallest absolute Gasteiger partial charge is 0.329 e. The number of carbonyl (C=O) groups excluding carboxylic acids is 3. The maximum Gasteiger partial charge on any atom is 0.329 e. The molecule has 1 aromatic rings. The van der Waals surface area contributed by atoms with E-state index in [1.54, 1.807) is 0 Å².